The molecule has 1 aliphatic heterocycles. The number of aromatic nitrogens is 2. The summed E-state index contributed by atoms with van der Waals surface area (Å²) in [6.07, 6.45) is -2.42. The topological polar surface area (TPSA) is 58.1 Å². The molecule has 158 valence electrons. The number of carbonyl (C=O) groups excluding carboxylic acids is 1. The highest BCUT2D eigenvalue weighted by Crippen LogP contribution is 2.34. The van der Waals surface area contributed by atoms with Crippen LogP contribution in [0.4, 0.5) is 24.7 Å². The molecular formula is C20H25F3N4OS. The van der Waals surface area contributed by atoms with Crippen molar-refractivity contribution in [3.63, 3.8) is 0 Å². The number of aryl methyl sites for hydroxylation is 2. The smallest absolute Gasteiger partial charge is 0.363 e. The fourth-order valence-electron chi connectivity index (χ4n) is 3.28. The number of amides is 1. The van der Waals surface area contributed by atoms with Gasteiger partial charge in [-0.1, -0.05) is 20.8 Å². The van der Waals surface area contributed by atoms with E-state index < -0.39 is 11.9 Å². The van der Waals surface area contributed by atoms with Crippen LogP contribution in [-0.4, -0.2) is 22.4 Å². The first-order valence-electron chi connectivity index (χ1n) is 9.49. The van der Waals surface area contributed by atoms with Crippen LogP contribution in [0.1, 0.15) is 55.6 Å². The largest absolute Gasteiger partial charge is 0.434 e. The third kappa shape index (κ3) is 5.46. The number of nitrogens with zero attached hydrogens (tertiary/aromatic N) is 3. The fraction of sp³-hybridized carbons (Fsp3) is 0.550. The number of pyridine rings is 1. The first-order chi connectivity index (χ1) is 13.4. The maximum Gasteiger partial charge on any atom is 0.434 e. The Hall–Kier alpha value is -2.16. The molecule has 1 amide bonds. The molecule has 1 aliphatic rings. The standard InChI is InChI=1S/C20H25F3N4OS/c1-12-8-14-13(24-18(12)26-16(28)9-19(2,3)4)6-5-7-27(14)10-17-25-15(11-29-17)20(21,22)23/h8,11H,5-7,9-10H2,1-4H3,(H,24,26,28). The normalized spacial score (nSPS) is 14.7. The molecule has 3 rings (SSSR count). The Bertz CT molecular complexity index is 902. The number of nitrogens with one attached hydrogen (secondary N) is 1. The lowest BCUT2D eigenvalue weighted by atomic mass is 9.92. The Balaban J connectivity index is 1.78. The molecule has 0 atom stereocenters. The highest BCUT2D eigenvalue weighted by Gasteiger charge is 2.34. The molecule has 0 saturated carbocycles. The average molecular weight is 427 g/mol. The second-order valence-electron chi connectivity index (χ2n) is 8.55. The number of rotatable bonds is 4. The van der Waals surface area contributed by atoms with Crippen LogP contribution in [0.5, 0.6) is 0 Å². The minimum Gasteiger partial charge on any atom is -0.363 e. The van der Waals surface area contributed by atoms with E-state index in [-0.39, 0.29) is 11.3 Å². The Morgan fingerprint density at radius 3 is 2.62 bits per heavy atom. The molecule has 0 radical (unpaired) electrons. The van der Waals surface area contributed by atoms with E-state index in [1.54, 1.807) is 0 Å². The predicted molar refractivity (Wildman–Crippen MR) is 108 cm³/mol. The van der Waals surface area contributed by atoms with Gasteiger partial charge in [-0.25, -0.2) is 9.97 Å². The van der Waals surface area contributed by atoms with Crippen molar-refractivity contribution >= 4 is 28.7 Å². The molecule has 29 heavy (non-hydrogen) atoms. The van der Waals surface area contributed by atoms with Gasteiger partial charge in [0.1, 0.15) is 10.8 Å². The minimum atomic E-state index is -4.42. The summed E-state index contributed by atoms with van der Waals surface area (Å²) >= 11 is 1.02. The molecule has 5 nitrogen and oxygen atoms in total. The fourth-order valence-corrected chi connectivity index (χ4v) is 4.09. The Morgan fingerprint density at radius 2 is 2.00 bits per heavy atom. The molecule has 0 fully saturated rings. The van der Waals surface area contributed by atoms with Crippen LogP contribution >= 0.6 is 11.3 Å². The van der Waals surface area contributed by atoms with Gasteiger partial charge in [0.25, 0.3) is 0 Å². The van der Waals surface area contributed by atoms with Crippen LogP contribution in [0.2, 0.25) is 0 Å². The average Bonchev–Trinajstić information content (AvgIpc) is 3.03. The van der Waals surface area contributed by atoms with Gasteiger partial charge in [0.2, 0.25) is 5.91 Å². The summed E-state index contributed by atoms with van der Waals surface area (Å²) in [7, 11) is 0. The van der Waals surface area contributed by atoms with Gasteiger partial charge < -0.3 is 10.2 Å². The SMILES string of the molecule is Cc1cc2c(nc1NC(=O)CC(C)(C)C)CCCN2Cc1nc(C(F)(F)F)cs1. The Kier molecular flexibility index (Phi) is 5.89. The lowest BCUT2D eigenvalue weighted by Gasteiger charge is -2.31. The monoisotopic (exact) mass is 426 g/mol. The number of alkyl halides is 3. The van der Waals surface area contributed by atoms with Crippen molar-refractivity contribution in [2.24, 2.45) is 5.41 Å². The highest BCUT2D eigenvalue weighted by molar-refractivity contribution is 7.09. The third-order valence-corrected chi connectivity index (χ3v) is 5.40. The maximum absolute atomic E-state index is 12.8. The van der Waals surface area contributed by atoms with Crippen molar-refractivity contribution in [2.75, 3.05) is 16.8 Å². The second-order valence-corrected chi connectivity index (χ2v) is 9.50. The molecule has 2 aromatic heterocycles. The number of fused-ring (bicyclic) bond motifs is 1. The molecule has 3 heterocycles. The summed E-state index contributed by atoms with van der Waals surface area (Å²) in [6.45, 7) is 8.91. The van der Waals surface area contributed by atoms with E-state index in [0.717, 1.165) is 53.0 Å². The Labute approximate surface area is 172 Å². The molecule has 0 aromatic carbocycles. The lowest BCUT2D eigenvalue weighted by Crippen LogP contribution is -2.30. The van der Waals surface area contributed by atoms with Gasteiger partial charge in [-0.2, -0.15) is 13.2 Å². The van der Waals surface area contributed by atoms with Crippen LogP contribution < -0.4 is 10.2 Å². The van der Waals surface area contributed by atoms with Crippen molar-refractivity contribution in [3.05, 3.63) is 33.4 Å². The van der Waals surface area contributed by atoms with E-state index >= 15 is 0 Å². The van der Waals surface area contributed by atoms with Gasteiger partial charge in [0.05, 0.1) is 17.9 Å². The van der Waals surface area contributed by atoms with Gasteiger partial charge in [-0.3, -0.25) is 4.79 Å². The van der Waals surface area contributed by atoms with E-state index in [4.69, 9.17) is 0 Å². The van der Waals surface area contributed by atoms with Crippen molar-refractivity contribution in [1.29, 1.82) is 0 Å². The first kappa shape index (κ1) is 21.5. The van der Waals surface area contributed by atoms with E-state index in [9.17, 15) is 18.0 Å². The molecule has 0 unspecified atom stereocenters. The summed E-state index contributed by atoms with van der Waals surface area (Å²) in [5, 5.41) is 4.37. The first-order valence-corrected chi connectivity index (χ1v) is 10.4. The van der Waals surface area contributed by atoms with Gasteiger partial charge in [-0.05, 0) is 36.8 Å². The predicted octanol–water partition coefficient (Wildman–Crippen LogP) is 5.19. The molecule has 0 bridgehead atoms. The zero-order valence-corrected chi connectivity index (χ0v) is 17.8. The van der Waals surface area contributed by atoms with E-state index in [2.05, 4.69) is 15.3 Å². The zero-order valence-electron chi connectivity index (χ0n) is 17.0. The van der Waals surface area contributed by atoms with Gasteiger partial charge in [-0.15, -0.1) is 11.3 Å². The quantitative estimate of drug-likeness (QED) is 0.731. The van der Waals surface area contributed by atoms with Gasteiger partial charge in [0.15, 0.2) is 5.69 Å². The van der Waals surface area contributed by atoms with E-state index in [0.29, 0.717) is 23.8 Å². The number of anilines is 2. The number of carbonyl (C=O) groups is 1. The van der Waals surface area contributed by atoms with Crippen molar-refractivity contribution < 1.29 is 18.0 Å². The zero-order chi connectivity index (χ0) is 21.4. The Morgan fingerprint density at radius 1 is 1.28 bits per heavy atom. The summed E-state index contributed by atoms with van der Waals surface area (Å²) in [4.78, 5) is 22.7. The molecule has 2 aromatic rings. The van der Waals surface area contributed by atoms with Crippen molar-refractivity contribution in [1.82, 2.24) is 9.97 Å². The maximum atomic E-state index is 12.8. The number of hydrogen-bond donors (Lipinski definition) is 1. The summed E-state index contributed by atoms with van der Waals surface area (Å²) in [5.74, 6) is 0.469. The van der Waals surface area contributed by atoms with Crippen molar-refractivity contribution in [3.8, 4) is 0 Å². The summed E-state index contributed by atoms with van der Waals surface area (Å²) < 4.78 is 38.4. The third-order valence-electron chi connectivity index (χ3n) is 4.57. The van der Waals surface area contributed by atoms with Gasteiger partial charge >= 0.3 is 6.18 Å². The summed E-state index contributed by atoms with van der Waals surface area (Å²) in [6, 6.07) is 1.95. The number of halogens is 3. The second kappa shape index (κ2) is 7.93. The molecule has 1 N–H and O–H groups in total. The summed E-state index contributed by atoms with van der Waals surface area (Å²) in [5.41, 5.74) is 1.60. The minimum absolute atomic E-state index is 0.0804. The number of thiazole rings is 1. The van der Waals surface area contributed by atoms with Crippen molar-refractivity contribution in [2.45, 2.75) is 59.7 Å². The van der Waals surface area contributed by atoms with Crippen LogP contribution in [0, 0.1) is 12.3 Å². The van der Waals surface area contributed by atoms with E-state index in [1.165, 1.54) is 0 Å². The number of hydrogen-bond acceptors (Lipinski definition) is 5. The van der Waals surface area contributed by atoms with Crippen LogP contribution in [0.3, 0.4) is 0 Å². The molecular weight excluding hydrogens is 401 g/mol. The van der Waals surface area contributed by atoms with Crippen LogP contribution in [-0.2, 0) is 23.9 Å². The highest BCUT2D eigenvalue weighted by atomic mass is 32.1. The van der Waals surface area contributed by atoms with Crippen LogP contribution in [0.15, 0.2) is 11.4 Å². The van der Waals surface area contributed by atoms with Gasteiger partial charge in [0, 0.05) is 18.3 Å². The molecule has 0 aliphatic carbocycles. The van der Waals surface area contributed by atoms with Crippen LogP contribution in [0.25, 0.3) is 0 Å². The van der Waals surface area contributed by atoms with E-state index in [1.807, 2.05) is 38.7 Å². The molecule has 0 spiro atoms. The lowest BCUT2D eigenvalue weighted by molar-refractivity contribution is -0.140. The molecule has 0 saturated heterocycles. The molecule has 9 heteroatoms.